The van der Waals surface area contributed by atoms with E-state index in [1.54, 1.807) is 12.1 Å². The van der Waals surface area contributed by atoms with Gasteiger partial charge in [-0.3, -0.25) is 5.01 Å². The Bertz CT molecular complexity index is 607. The Balaban J connectivity index is 1.98. The molecule has 0 saturated heterocycles. The van der Waals surface area contributed by atoms with Crippen LogP contribution in [0.15, 0.2) is 59.7 Å². The van der Waals surface area contributed by atoms with Crippen LogP contribution in [0, 0.1) is 5.82 Å². The molecule has 3 heteroatoms. The van der Waals surface area contributed by atoms with Crippen molar-refractivity contribution in [2.24, 2.45) is 5.10 Å². The summed E-state index contributed by atoms with van der Waals surface area (Å²) in [5.41, 5.74) is 3.07. The average Bonchev–Trinajstić information content (AvgIpc) is 2.82. The molecule has 1 atom stereocenters. The minimum Gasteiger partial charge on any atom is -0.258 e. The second kappa shape index (κ2) is 4.84. The summed E-state index contributed by atoms with van der Waals surface area (Å²) in [4.78, 5) is 0. The van der Waals surface area contributed by atoms with Crippen molar-refractivity contribution in [2.45, 2.75) is 19.4 Å². The van der Waals surface area contributed by atoms with Crippen molar-refractivity contribution in [1.82, 2.24) is 0 Å². The summed E-state index contributed by atoms with van der Waals surface area (Å²) in [6.45, 7) is 2.01. The van der Waals surface area contributed by atoms with Gasteiger partial charge in [-0.2, -0.15) is 5.10 Å². The van der Waals surface area contributed by atoms with Crippen LogP contribution in [0.5, 0.6) is 0 Å². The summed E-state index contributed by atoms with van der Waals surface area (Å²) >= 11 is 0. The van der Waals surface area contributed by atoms with Crippen molar-refractivity contribution in [2.75, 3.05) is 5.01 Å². The molecular weight excluding hydrogens is 239 g/mol. The molecule has 0 N–H and O–H groups in total. The third-order valence-electron chi connectivity index (χ3n) is 3.32. The maximum absolute atomic E-state index is 13.4. The lowest BCUT2D eigenvalue weighted by molar-refractivity contribution is 0.618. The van der Waals surface area contributed by atoms with Crippen molar-refractivity contribution in [1.29, 1.82) is 0 Å². The molecule has 3 rings (SSSR count). The molecule has 1 aliphatic heterocycles. The van der Waals surface area contributed by atoms with Crippen molar-refractivity contribution in [3.63, 3.8) is 0 Å². The van der Waals surface area contributed by atoms with Crippen molar-refractivity contribution >= 4 is 11.4 Å². The van der Waals surface area contributed by atoms with Gasteiger partial charge in [-0.1, -0.05) is 30.3 Å². The van der Waals surface area contributed by atoms with Crippen LogP contribution in [0.1, 0.15) is 24.9 Å². The Labute approximate surface area is 112 Å². The van der Waals surface area contributed by atoms with E-state index in [1.807, 2.05) is 48.3 Å². The number of hydrazone groups is 1. The second-order valence-corrected chi connectivity index (χ2v) is 4.79. The zero-order valence-electron chi connectivity index (χ0n) is 10.8. The van der Waals surface area contributed by atoms with Gasteiger partial charge in [-0.15, -0.1) is 0 Å². The monoisotopic (exact) mass is 254 g/mol. The average molecular weight is 254 g/mol. The molecule has 0 fully saturated rings. The molecule has 2 nitrogen and oxygen atoms in total. The van der Waals surface area contributed by atoms with Crippen LogP contribution in [0.2, 0.25) is 0 Å². The Morgan fingerprint density at radius 1 is 1.11 bits per heavy atom. The zero-order chi connectivity index (χ0) is 13.2. The second-order valence-electron chi connectivity index (χ2n) is 4.79. The standard InChI is InChI=1S/C16H15FN2/c1-12-10-16(13-6-5-7-14(17)11-13)19(18-12)15-8-3-2-4-9-15/h2-9,11,16H,10H2,1H3/t16-/m0/s1. The third kappa shape index (κ3) is 2.36. The lowest BCUT2D eigenvalue weighted by Gasteiger charge is -2.24. The molecule has 1 heterocycles. The molecule has 2 aromatic carbocycles. The van der Waals surface area contributed by atoms with Gasteiger partial charge in [-0.05, 0) is 36.8 Å². The topological polar surface area (TPSA) is 15.6 Å². The fourth-order valence-corrected chi connectivity index (χ4v) is 2.45. The van der Waals surface area contributed by atoms with Crippen molar-refractivity contribution in [3.05, 3.63) is 66.0 Å². The lowest BCUT2D eigenvalue weighted by atomic mass is 10.0. The van der Waals surface area contributed by atoms with Gasteiger partial charge in [0.05, 0.1) is 11.7 Å². The number of para-hydroxylation sites is 1. The highest BCUT2D eigenvalue weighted by molar-refractivity contribution is 5.86. The summed E-state index contributed by atoms with van der Waals surface area (Å²) in [5, 5.41) is 6.55. The summed E-state index contributed by atoms with van der Waals surface area (Å²) in [6, 6.07) is 16.9. The lowest BCUT2D eigenvalue weighted by Crippen LogP contribution is -2.18. The van der Waals surface area contributed by atoms with Crippen LogP contribution < -0.4 is 5.01 Å². The van der Waals surface area contributed by atoms with E-state index in [0.29, 0.717) is 0 Å². The number of rotatable bonds is 2. The first kappa shape index (κ1) is 11.9. The van der Waals surface area contributed by atoms with Gasteiger partial charge >= 0.3 is 0 Å². The molecule has 96 valence electrons. The normalized spacial score (nSPS) is 18.5. The van der Waals surface area contributed by atoms with Crippen LogP contribution in [0.25, 0.3) is 0 Å². The quantitative estimate of drug-likeness (QED) is 0.786. The fourth-order valence-electron chi connectivity index (χ4n) is 2.45. The molecule has 0 aliphatic carbocycles. The Morgan fingerprint density at radius 3 is 2.63 bits per heavy atom. The number of hydrogen-bond acceptors (Lipinski definition) is 2. The Hall–Kier alpha value is -2.16. The van der Waals surface area contributed by atoms with E-state index in [1.165, 1.54) is 6.07 Å². The number of halogens is 1. The molecule has 0 unspecified atom stereocenters. The Morgan fingerprint density at radius 2 is 1.89 bits per heavy atom. The Kier molecular flexibility index (Phi) is 3.03. The molecule has 2 aromatic rings. The van der Waals surface area contributed by atoms with E-state index in [9.17, 15) is 4.39 Å². The predicted octanol–water partition coefficient (Wildman–Crippen LogP) is 4.15. The van der Waals surface area contributed by atoms with Gasteiger partial charge in [0.2, 0.25) is 0 Å². The summed E-state index contributed by atoms with van der Waals surface area (Å²) < 4.78 is 13.4. The van der Waals surface area contributed by atoms with Gasteiger partial charge < -0.3 is 0 Å². The van der Waals surface area contributed by atoms with Crippen LogP contribution >= 0.6 is 0 Å². The molecule has 1 aliphatic rings. The first-order valence-electron chi connectivity index (χ1n) is 6.38. The van der Waals surface area contributed by atoms with Crippen LogP contribution in [-0.4, -0.2) is 5.71 Å². The van der Waals surface area contributed by atoms with Crippen molar-refractivity contribution < 1.29 is 4.39 Å². The molecule has 0 saturated carbocycles. The first-order valence-corrected chi connectivity index (χ1v) is 6.38. The molecule has 0 radical (unpaired) electrons. The van der Waals surface area contributed by atoms with E-state index in [0.717, 1.165) is 23.4 Å². The van der Waals surface area contributed by atoms with Gasteiger partial charge in [0.15, 0.2) is 0 Å². The molecular formula is C16H15FN2. The van der Waals surface area contributed by atoms with Gasteiger partial charge in [0.25, 0.3) is 0 Å². The number of nitrogens with zero attached hydrogens (tertiary/aromatic N) is 2. The molecule has 0 aromatic heterocycles. The van der Waals surface area contributed by atoms with Crippen LogP contribution in [-0.2, 0) is 0 Å². The maximum atomic E-state index is 13.4. The fraction of sp³-hybridized carbons (Fsp3) is 0.188. The molecule has 0 spiro atoms. The summed E-state index contributed by atoms with van der Waals surface area (Å²) in [7, 11) is 0. The van der Waals surface area contributed by atoms with Crippen LogP contribution in [0.3, 0.4) is 0 Å². The molecule has 0 amide bonds. The van der Waals surface area contributed by atoms with Crippen molar-refractivity contribution in [3.8, 4) is 0 Å². The first-order chi connectivity index (χ1) is 9.24. The highest BCUT2D eigenvalue weighted by Crippen LogP contribution is 2.34. The minimum atomic E-state index is -0.199. The van der Waals surface area contributed by atoms with Gasteiger partial charge in [0, 0.05) is 12.1 Å². The highest BCUT2D eigenvalue weighted by atomic mass is 19.1. The number of benzene rings is 2. The van der Waals surface area contributed by atoms with E-state index in [-0.39, 0.29) is 11.9 Å². The number of hydrogen-bond donors (Lipinski definition) is 0. The largest absolute Gasteiger partial charge is 0.258 e. The minimum absolute atomic E-state index is 0.0816. The number of anilines is 1. The van der Waals surface area contributed by atoms with Gasteiger partial charge in [0.1, 0.15) is 5.82 Å². The van der Waals surface area contributed by atoms with E-state index < -0.39 is 0 Å². The zero-order valence-corrected chi connectivity index (χ0v) is 10.8. The van der Waals surface area contributed by atoms with E-state index >= 15 is 0 Å². The summed E-state index contributed by atoms with van der Waals surface area (Å²) in [5.74, 6) is -0.199. The van der Waals surface area contributed by atoms with Gasteiger partial charge in [-0.25, -0.2) is 4.39 Å². The smallest absolute Gasteiger partial charge is 0.123 e. The van der Waals surface area contributed by atoms with E-state index in [4.69, 9.17) is 0 Å². The van der Waals surface area contributed by atoms with E-state index in [2.05, 4.69) is 5.10 Å². The molecule has 0 bridgehead atoms. The highest BCUT2D eigenvalue weighted by Gasteiger charge is 2.27. The van der Waals surface area contributed by atoms with Crippen LogP contribution in [0.4, 0.5) is 10.1 Å². The third-order valence-corrected chi connectivity index (χ3v) is 3.32. The summed E-state index contributed by atoms with van der Waals surface area (Å²) in [6.07, 6.45) is 0.832. The molecule has 19 heavy (non-hydrogen) atoms. The SMILES string of the molecule is CC1=NN(c2ccccc2)[C@H](c2cccc(F)c2)C1. The maximum Gasteiger partial charge on any atom is 0.123 e. The predicted molar refractivity (Wildman–Crippen MR) is 75.8 cm³/mol.